The first kappa shape index (κ1) is 32.2. The predicted octanol–water partition coefficient (Wildman–Crippen LogP) is 5.81. The van der Waals surface area contributed by atoms with Gasteiger partial charge < -0.3 is 10.2 Å². The van der Waals surface area contributed by atoms with Gasteiger partial charge in [0.25, 0.3) is 0 Å². The second kappa shape index (κ2) is 12.6. The van der Waals surface area contributed by atoms with Crippen molar-refractivity contribution in [3.63, 3.8) is 0 Å². The number of allylic oxidation sites excluding steroid dienone is 5. The van der Waals surface area contributed by atoms with Gasteiger partial charge in [0.2, 0.25) is 11.8 Å². The van der Waals surface area contributed by atoms with E-state index in [1.807, 2.05) is 60.7 Å². The molecule has 2 N–H and O–H groups in total. The number of aliphatic carboxylic acids is 1. The highest BCUT2D eigenvalue weighted by Gasteiger charge is 2.66. The van der Waals surface area contributed by atoms with Crippen LogP contribution in [0.3, 0.4) is 0 Å². The summed E-state index contributed by atoms with van der Waals surface area (Å²) < 4.78 is 0. The van der Waals surface area contributed by atoms with E-state index in [4.69, 9.17) is 0 Å². The minimum absolute atomic E-state index is 0.00251. The van der Waals surface area contributed by atoms with Gasteiger partial charge in [-0.15, -0.1) is 6.58 Å². The van der Waals surface area contributed by atoms with Crippen molar-refractivity contribution in [2.75, 3.05) is 6.54 Å². The highest BCUT2D eigenvalue weighted by molar-refractivity contribution is 6.31. The summed E-state index contributed by atoms with van der Waals surface area (Å²) >= 11 is 0. The molecule has 0 spiro atoms. The average molecular weight is 656 g/mol. The Balaban J connectivity index is 1.46. The van der Waals surface area contributed by atoms with Crippen LogP contribution in [-0.2, 0) is 35.8 Å². The topological polar surface area (TPSA) is 129 Å². The number of ketones is 2. The average Bonchev–Trinajstić information content (AvgIpc) is 3.35. The van der Waals surface area contributed by atoms with Gasteiger partial charge in [0.05, 0.1) is 17.3 Å². The molecule has 1 heterocycles. The second-order valence-electron chi connectivity index (χ2n) is 13.5. The molecule has 0 radical (unpaired) electrons. The smallest absolute Gasteiger partial charge is 0.303 e. The van der Waals surface area contributed by atoms with Crippen molar-refractivity contribution in [1.82, 2.24) is 4.90 Å². The minimum Gasteiger partial charge on any atom is -0.507 e. The van der Waals surface area contributed by atoms with Crippen LogP contribution in [0, 0.1) is 23.7 Å². The maximum Gasteiger partial charge on any atom is 0.303 e. The number of carboxylic acid groups (broad SMARTS) is 1. The molecule has 49 heavy (non-hydrogen) atoms. The molecule has 4 aliphatic rings. The van der Waals surface area contributed by atoms with E-state index in [0.717, 1.165) is 5.57 Å². The predicted molar refractivity (Wildman–Crippen MR) is 182 cm³/mol. The molecule has 3 aromatic rings. The number of imide groups is 1. The van der Waals surface area contributed by atoms with E-state index in [-0.39, 0.29) is 61.4 Å². The molecule has 6 unspecified atom stereocenters. The number of phenols is 1. The van der Waals surface area contributed by atoms with Crippen LogP contribution in [0.1, 0.15) is 53.9 Å². The van der Waals surface area contributed by atoms with Crippen LogP contribution in [0.25, 0.3) is 5.57 Å². The number of benzene rings is 3. The summed E-state index contributed by atoms with van der Waals surface area (Å²) in [7, 11) is 0. The van der Waals surface area contributed by atoms with Gasteiger partial charge in [-0.1, -0.05) is 96.6 Å². The van der Waals surface area contributed by atoms with E-state index >= 15 is 4.79 Å². The van der Waals surface area contributed by atoms with Crippen LogP contribution < -0.4 is 0 Å². The zero-order valence-corrected chi connectivity index (χ0v) is 27.0. The summed E-state index contributed by atoms with van der Waals surface area (Å²) in [6.45, 7) is 3.85. The number of Topliss-reactive ketones (excluding diaryl/α,β-unsaturated/α-hetero) is 1. The Hall–Kier alpha value is -5.37. The molecule has 8 nitrogen and oxygen atoms in total. The van der Waals surface area contributed by atoms with Crippen molar-refractivity contribution in [2.45, 2.75) is 43.4 Å². The molecule has 0 bridgehead atoms. The number of phenolic OH excluding ortho intramolecular Hbond substituents is 1. The fourth-order valence-electron chi connectivity index (χ4n) is 9.06. The largest absolute Gasteiger partial charge is 0.507 e. The van der Waals surface area contributed by atoms with Gasteiger partial charge >= 0.3 is 5.97 Å². The van der Waals surface area contributed by atoms with Gasteiger partial charge in [0, 0.05) is 35.9 Å². The van der Waals surface area contributed by atoms with Gasteiger partial charge in [-0.25, -0.2) is 0 Å². The Morgan fingerprint density at radius 2 is 1.63 bits per heavy atom. The number of fused-ring (bicyclic) bond motifs is 4. The summed E-state index contributed by atoms with van der Waals surface area (Å²) in [6.07, 6.45) is 5.86. The molecular formula is C41H37NO7. The monoisotopic (exact) mass is 655 g/mol. The van der Waals surface area contributed by atoms with E-state index in [1.54, 1.807) is 30.3 Å². The Kier molecular flexibility index (Phi) is 8.27. The van der Waals surface area contributed by atoms with Gasteiger partial charge in [-0.05, 0) is 54.4 Å². The summed E-state index contributed by atoms with van der Waals surface area (Å²) in [5.41, 5.74) is 1.99. The lowest BCUT2D eigenvalue weighted by Crippen LogP contribution is -2.58. The molecule has 0 aromatic heterocycles. The van der Waals surface area contributed by atoms with Crippen molar-refractivity contribution in [3.8, 4) is 5.75 Å². The number of amides is 2. The van der Waals surface area contributed by atoms with Gasteiger partial charge in [-0.2, -0.15) is 0 Å². The maximum atomic E-state index is 15.1. The molecular weight excluding hydrogens is 618 g/mol. The van der Waals surface area contributed by atoms with Crippen LogP contribution in [0.2, 0.25) is 0 Å². The Morgan fingerprint density at radius 1 is 0.918 bits per heavy atom. The molecule has 6 atom stereocenters. The molecule has 7 rings (SSSR count). The SMILES string of the molecule is C=CCc1cccc(C2C3=CCC4C(=O)N(CCCC(=O)O)C(=O)C4C3CC3C(=O)C(c4ccccc4)=CC(=O)C32c2ccccc2)c1O. The Bertz CT molecular complexity index is 1940. The van der Waals surface area contributed by atoms with Crippen LogP contribution in [0.5, 0.6) is 5.75 Å². The molecule has 3 aromatic carbocycles. The van der Waals surface area contributed by atoms with Crippen molar-refractivity contribution in [1.29, 1.82) is 0 Å². The molecule has 248 valence electrons. The third-order valence-corrected chi connectivity index (χ3v) is 11.1. The number of carbonyl (C=O) groups is 5. The van der Waals surface area contributed by atoms with Gasteiger partial charge in [0.15, 0.2) is 11.6 Å². The number of carbonyl (C=O) groups excluding carboxylic acids is 4. The molecule has 3 aliphatic carbocycles. The lowest BCUT2D eigenvalue weighted by molar-refractivity contribution is -0.142. The first-order chi connectivity index (χ1) is 23.7. The Morgan fingerprint density at radius 3 is 2.33 bits per heavy atom. The number of hydrogen-bond acceptors (Lipinski definition) is 6. The van der Waals surface area contributed by atoms with E-state index in [1.165, 1.54) is 11.0 Å². The number of aromatic hydroxyl groups is 1. The van der Waals surface area contributed by atoms with Gasteiger partial charge in [-0.3, -0.25) is 28.9 Å². The van der Waals surface area contributed by atoms with Crippen LogP contribution in [0.4, 0.5) is 0 Å². The van der Waals surface area contributed by atoms with Crippen LogP contribution in [0.15, 0.2) is 109 Å². The zero-order chi connectivity index (χ0) is 34.4. The van der Waals surface area contributed by atoms with Crippen molar-refractivity contribution in [2.24, 2.45) is 23.7 Å². The summed E-state index contributed by atoms with van der Waals surface area (Å²) in [5.74, 6) is -5.93. The minimum atomic E-state index is -1.44. The normalized spacial score (nSPS) is 27.5. The van der Waals surface area contributed by atoms with Gasteiger partial charge in [0.1, 0.15) is 5.75 Å². The summed E-state index contributed by atoms with van der Waals surface area (Å²) in [5, 5.41) is 21.1. The quantitative estimate of drug-likeness (QED) is 0.220. The maximum absolute atomic E-state index is 15.1. The van der Waals surface area contributed by atoms with E-state index < -0.39 is 41.0 Å². The summed E-state index contributed by atoms with van der Waals surface area (Å²) in [4.78, 5) is 70.3. The third-order valence-electron chi connectivity index (χ3n) is 11.1. The highest BCUT2D eigenvalue weighted by atomic mass is 16.4. The van der Waals surface area contributed by atoms with Crippen molar-refractivity contribution in [3.05, 3.63) is 131 Å². The fraction of sp³-hybridized carbons (Fsp3) is 0.293. The lowest BCUT2D eigenvalue weighted by atomic mass is 9.44. The number of rotatable bonds is 9. The van der Waals surface area contributed by atoms with Crippen molar-refractivity contribution >= 4 is 34.9 Å². The molecule has 2 amide bonds. The highest BCUT2D eigenvalue weighted by Crippen LogP contribution is 2.64. The number of carboxylic acids is 1. The van der Waals surface area contributed by atoms with Crippen LogP contribution >= 0.6 is 0 Å². The fourth-order valence-corrected chi connectivity index (χ4v) is 9.06. The number of likely N-dealkylation sites (tertiary alicyclic amines) is 1. The molecule has 1 saturated heterocycles. The molecule has 1 saturated carbocycles. The first-order valence-electron chi connectivity index (χ1n) is 16.8. The number of hydrogen-bond donors (Lipinski definition) is 2. The second-order valence-corrected chi connectivity index (χ2v) is 13.5. The zero-order valence-electron chi connectivity index (χ0n) is 27.0. The first-order valence-corrected chi connectivity index (χ1v) is 16.8. The summed E-state index contributed by atoms with van der Waals surface area (Å²) in [6, 6.07) is 23.7. The van der Waals surface area contributed by atoms with E-state index in [0.29, 0.717) is 34.2 Å². The van der Waals surface area contributed by atoms with Crippen molar-refractivity contribution < 1.29 is 34.2 Å². The standard InChI is InChI=1S/C41H37NO7/c1-2-11-25-14-9-17-29(37(25)46)36-27-19-20-28-35(40(49)42(39(28)48)21-10-18-34(44)45)31(27)22-32-38(47)30(24-12-5-3-6-13-24)23-33(43)41(32,36)26-15-7-4-8-16-26/h2-9,12-17,19,23,28,31-32,35-36,46H,1,10-11,18,20-22H2,(H,44,45). The lowest BCUT2D eigenvalue weighted by Gasteiger charge is -2.55. The van der Waals surface area contributed by atoms with E-state index in [9.17, 15) is 29.4 Å². The number of para-hydroxylation sites is 1. The molecule has 2 fully saturated rings. The number of nitrogens with zero attached hydrogens (tertiary/aromatic N) is 1. The Labute approximate surface area is 284 Å². The van der Waals surface area contributed by atoms with Crippen LogP contribution in [-0.4, -0.2) is 51.0 Å². The third kappa shape index (κ3) is 5.00. The molecule has 1 aliphatic heterocycles. The molecule has 8 heteroatoms. The van der Waals surface area contributed by atoms with E-state index in [2.05, 4.69) is 6.58 Å².